The Labute approximate surface area is 199 Å². The first-order chi connectivity index (χ1) is 16.6. The fourth-order valence-electron chi connectivity index (χ4n) is 3.02. The fraction of sp³-hybridized carbons (Fsp3) is 0.0952. The minimum atomic E-state index is -4.71. The van der Waals surface area contributed by atoms with Crippen molar-refractivity contribution in [2.45, 2.75) is 6.18 Å². The Morgan fingerprint density at radius 2 is 1.94 bits per heavy atom. The van der Waals surface area contributed by atoms with E-state index in [1.807, 2.05) is 0 Å². The van der Waals surface area contributed by atoms with Crippen molar-refractivity contribution in [3.8, 4) is 22.8 Å². The number of nitrogens with one attached hydrogen (secondary N) is 1. The first-order valence-electron chi connectivity index (χ1n) is 9.57. The van der Waals surface area contributed by atoms with Gasteiger partial charge in [-0.1, -0.05) is 11.6 Å². The van der Waals surface area contributed by atoms with Gasteiger partial charge in [0, 0.05) is 35.4 Å². The number of halogens is 5. The van der Waals surface area contributed by atoms with Crippen molar-refractivity contribution in [1.29, 1.82) is 0 Å². The second kappa shape index (κ2) is 9.18. The van der Waals surface area contributed by atoms with Gasteiger partial charge in [0.15, 0.2) is 11.5 Å². The van der Waals surface area contributed by atoms with Gasteiger partial charge in [0.25, 0.3) is 0 Å². The molecule has 0 aliphatic rings. The minimum Gasteiger partial charge on any atom is -0.480 e. The molecular formula is C21H13ClF4N6O3. The van der Waals surface area contributed by atoms with Crippen LogP contribution in [0.5, 0.6) is 5.88 Å². The van der Waals surface area contributed by atoms with E-state index < -0.39 is 23.7 Å². The first kappa shape index (κ1) is 23.9. The first-order valence-corrected chi connectivity index (χ1v) is 9.94. The highest BCUT2D eigenvalue weighted by molar-refractivity contribution is 6.31. The third-order valence-electron chi connectivity index (χ3n) is 4.63. The Kier molecular flexibility index (Phi) is 6.26. The number of pyridine rings is 1. The Morgan fingerprint density at radius 1 is 1.17 bits per heavy atom. The predicted molar refractivity (Wildman–Crippen MR) is 116 cm³/mol. The van der Waals surface area contributed by atoms with Crippen LogP contribution in [0.1, 0.15) is 16.1 Å². The van der Waals surface area contributed by atoms with E-state index in [2.05, 4.69) is 25.4 Å². The number of hydrogen-bond acceptors (Lipinski definition) is 7. The molecule has 0 saturated carbocycles. The monoisotopic (exact) mass is 508 g/mol. The lowest BCUT2D eigenvalue weighted by Gasteiger charge is -2.13. The molecule has 14 heteroatoms. The molecule has 0 bridgehead atoms. The Morgan fingerprint density at radius 3 is 2.57 bits per heavy atom. The van der Waals surface area contributed by atoms with Gasteiger partial charge in [-0.3, -0.25) is 0 Å². The summed E-state index contributed by atoms with van der Waals surface area (Å²) in [7, 11) is 1.24. The molecule has 0 atom stereocenters. The van der Waals surface area contributed by atoms with Crippen molar-refractivity contribution in [3.63, 3.8) is 0 Å². The van der Waals surface area contributed by atoms with Crippen LogP contribution < -0.4 is 10.1 Å². The number of methoxy groups -OCH3 is 1. The molecule has 0 aliphatic carbocycles. The molecule has 0 fully saturated rings. The lowest BCUT2D eigenvalue weighted by molar-refractivity contribution is -0.141. The number of nitrogens with zero attached hydrogens (tertiary/aromatic N) is 5. The quantitative estimate of drug-likeness (QED) is 0.350. The second-order valence-electron chi connectivity index (χ2n) is 6.91. The second-order valence-corrected chi connectivity index (χ2v) is 7.32. The Balaban J connectivity index is 1.84. The number of carboxylic acids is 1. The summed E-state index contributed by atoms with van der Waals surface area (Å²) in [5, 5.41) is 15.6. The van der Waals surface area contributed by atoms with E-state index in [1.165, 1.54) is 37.7 Å². The predicted octanol–water partition coefficient (Wildman–Crippen LogP) is 4.99. The topological polar surface area (TPSA) is 115 Å². The van der Waals surface area contributed by atoms with E-state index in [1.54, 1.807) is 0 Å². The zero-order valence-corrected chi connectivity index (χ0v) is 18.3. The van der Waals surface area contributed by atoms with Crippen molar-refractivity contribution >= 4 is 29.2 Å². The smallest absolute Gasteiger partial charge is 0.435 e. The van der Waals surface area contributed by atoms with E-state index in [4.69, 9.17) is 16.3 Å². The number of alkyl halides is 3. The van der Waals surface area contributed by atoms with Crippen LogP contribution in [0.25, 0.3) is 16.9 Å². The number of rotatable bonds is 6. The van der Waals surface area contributed by atoms with Gasteiger partial charge in [0.2, 0.25) is 11.8 Å². The number of carboxylic acid groups (broad SMARTS) is 1. The van der Waals surface area contributed by atoms with Gasteiger partial charge in [-0.25, -0.2) is 23.8 Å². The van der Waals surface area contributed by atoms with Crippen LogP contribution in [0, 0.1) is 5.82 Å². The lowest BCUT2D eigenvalue weighted by Crippen LogP contribution is -2.10. The maximum Gasteiger partial charge on any atom is 0.435 e. The molecule has 0 unspecified atom stereocenters. The Bertz CT molecular complexity index is 1430. The van der Waals surface area contributed by atoms with Gasteiger partial charge in [0.05, 0.1) is 12.1 Å². The van der Waals surface area contributed by atoms with E-state index in [9.17, 15) is 27.5 Å². The maximum absolute atomic E-state index is 13.5. The van der Waals surface area contributed by atoms with Gasteiger partial charge in [-0.05, 0) is 30.3 Å². The molecule has 35 heavy (non-hydrogen) atoms. The summed E-state index contributed by atoms with van der Waals surface area (Å²) in [4.78, 5) is 23.9. The minimum absolute atomic E-state index is 0.0737. The standard InChI is InChI=1S/C21H13ClF4N6O3/c1-35-18-12(19(33)34)6-10(8-27-18)13-9-28-20(29-11-2-3-15(23)14(22)7-11)30-17(13)32-5-4-16(31-32)21(24,25)26/h2-9H,1H3,(H,33,34)(H,28,29,30). The van der Waals surface area contributed by atoms with Crippen molar-refractivity contribution in [1.82, 2.24) is 24.7 Å². The third kappa shape index (κ3) is 4.99. The SMILES string of the molecule is COc1ncc(-c2cnc(Nc3ccc(F)c(Cl)c3)nc2-n2ccc(C(F)(F)F)n2)cc1C(=O)O. The molecule has 1 aromatic carbocycles. The summed E-state index contributed by atoms with van der Waals surface area (Å²) in [6, 6.07) is 5.72. The van der Waals surface area contributed by atoms with Crippen LogP contribution in [-0.2, 0) is 6.18 Å². The van der Waals surface area contributed by atoms with Crippen LogP contribution in [-0.4, -0.2) is 42.9 Å². The van der Waals surface area contributed by atoms with Crippen LogP contribution in [0.3, 0.4) is 0 Å². The summed E-state index contributed by atoms with van der Waals surface area (Å²) in [6.07, 6.45) is -1.15. The molecule has 9 nitrogen and oxygen atoms in total. The number of carbonyl (C=O) groups is 1. The highest BCUT2D eigenvalue weighted by Crippen LogP contribution is 2.32. The van der Waals surface area contributed by atoms with Gasteiger partial charge in [-0.15, -0.1) is 0 Å². The number of aromatic nitrogens is 5. The summed E-state index contributed by atoms with van der Waals surface area (Å²) < 4.78 is 58.7. The average Bonchev–Trinajstić information content (AvgIpc) is 3.32. The highest BCUT2D eigenvalue weighted by Gasteiger charge is 2.34. The molecule has 0 amide bonds. The molecule has 2 N–H and O–H groups in total. The highest BCUT2D eigenvalue weighted by atomic mass is 35.5. The van der Waals surface area contributed by atoms with Gasteiger partial charge >= 0.3 is 12.1 Å². The fourth-order valence-corrected chi connectivity index (χ4v) is 3.20. The molecule has 3 aromatic heterocycles. The summed E-state index contributed by atoms with van der Waals surface area (Å²) in [5.74, 6) is -2.33. The third-order valence-corrected chi connectivity index (χ3v) is 4.92. The maximum atomic E-state index is 13.5. The Hall–Kier alpha value is -4.26. The zero-order valence-electron chi connectivity index (χ0n) is 17.5. The number of ether oxygens (including phenoxy) is 1. The van der Waals surface area contributed by atoms with Crippen LogP contribution in [0.4, 0.5) is 29.2 Å². The largest absolute Gasteiger partial charge is 0.480 e. The molecule has 4 aromatic rings. The van der Waals surface area contributed by atoms with E-state index in [-0.39, 0.29) is 39.4 Å². The zero-order chi connectivity index (χ0) is 25.3. The number of anilines is 2. The molecule has 0 saturated heterocycles. The molecule has 0 radical (unpaired) electrons. The summed E-state index contributed by atoms with van der Waals surface area (Å²) in [5.41, 5.74) is -0.830. The van der Waals surface area contributed by atoms with E-state index in [0.717, 1.165) is 23.0 Å². The molecule has 0 aliphatic heterocycles. The van der Waals surface area contributed by atoms with Crippen molar-refractivity contribution < 1.29 is 32.2 Å². The number of benzene rings is 1. The van der Waals surface area contributed by atoms with Crippen molar-refractivity contribution in [2.24, 2.45) is 0 Å². The molecule has 3 heterocycles. The van der Waals surface area contributed by atoms with Crippen LogP contribution in [0.2, 0.25) is 5.02 Å². The molecule has 0 spiro atoms. The van der Waals surface area contributed by atoms with Gasteiger partial charge < -0.3 is 15.2 Å². The summed E-state index contributed by atoms with van der Waals surface area (Å²) >= 11 is 5.78. The van der Waals surface area contributed by atoms with Crippen LogP contribution >= 0.6 is 11.6 Å². The van der Waals surface area contributed by atoms with E-state index in [0.29, 0.717) is 5.69 Å². The molecule has 180 valence electrons. The van der Waals surface area contributed by atoms with Crippen molar-refractivity contribution in [2.75, 3.05) is 12.4 Å². The number of hydrogen-bond donors (Lipinski definition) is 2. The van der Waals surface area contributed by atoms with Gasteiger partial charge in [0.1, 0.15) is 11.4 Å². The average molecular weight is 509 g/mol. The molecule has 4 rings (SSSR count). The van der Waals surface area contributed by atoms with Crippen LogP contribution in [0.15, 0.2) is 48.9 Å². The van der Waals surface area contributed by atoms with E-state index >= 15 is 0 Å². The van der Waals surface area contributed by atoms with Gasteiger partial charge in [-0.2, -0.15) is 23.3 Å². The normalized spacial score (nSPS) is 11.4. The molecular weight excluding hydrogens is 496 g/mol. The lowest BCUT2D eigenvalue weighted by atomic mass is 10.1. The van der Waals surface area contributed by atoms with Crippen molar-refractivity contribution in [3.05, 3.63) is 71.0 Å². The summed E-state index contributed by atoms with van der Waals surface area (Å²) in [6.45, 7) is 0. The number of aromatic carboxylic acids is 1.